The zero-order valence-electron chi connectivity index (χ0n) is 22.2. The lowest BCUT2D eigenvalue weighted by atomic mass is 9.46. The largest absolute Gasteiger partial charge is 0.489 e. The van der Waals surface area contributed by atoms with Gasteiger partial charge in [-0.05, 0) is 85.8 Å². The smallest absolute Gasteiger partial charge is 0.120 e. The monoisotopic (exact) mass is 485 g/mol. The minimum atomic E-state index is -1.28. The Morgan fingerprint density at radius 3 is 2.39 bits per heavy atom. The SMILES string of the molecule is CCC12CC(C)(O)C(O)(c3ccccc3)C[C@H]1CC(C)(C)c1cc(OCc3cccnc3C)ccc12. The highest BCUT2D eigenvalue weighted by Crippen LogP contribution is 2.63. The number of hydrogen-bond acceptors (Lipinski definition) is 4. The van der Waals surface area contributed by atoms with Crippen molar-refractivity contribution in [3.05, 3.63) is 94.8 Å². The molecule has 1 fully saturated rings. The van der Waals surface area contributed by atoms with Gasteiger partial charge in [-0.2, -0.15) is 0 Å². The Labute approximate surface area is 215 Å². The Hall–Kier alpha value is -2.69. The summed E-state index contributed by atoms with van der Waals surface area (Å²) < 4.78 is 6.24. The lowest BCUT2D eigenvalue weighted by molar-refractivity contribution is -0.207. The first-order valence-corrected chi connectivity index (χ1v) is 13.2. The summed E-state index contributed by atoms with van der Waals surface area (Å²) in [5.74, 6) is 1.11. The summed E-state index contributed by atoms with van der Waals surface area (Å²) >= 11 is 0. The molecule has 4 nitrogen and oxygen atoms in total. The lowest BCUT2D eigenvalue weighted by Gasteiger charge is -2.61. The van der Waals surface area contributed by atoms with Crippen LogP contribution in [-0.2, 0) is 23.0 Å². The molecule has 4 atom stereocenters. The number of hydrogen-bond donors (Lipinski definition) is 2. The highest BCUT2D eigenvalue weighted by molar-refractivity contribution is 5.49. The maximum atomic E-state index is 12.0. The quantitative estimate of drug-likeness (QED) is 0.442. The Morgan fingerprint density at radius 1 is 0.944 bits per heavy atom. The molecular weight excluding hydrogens is 446 g/mol. The average Bonchev–Trinajstić information content (AvgIpc) is 2.85. The average molecular weight is 486 g/mol. The van der Waals surface area contributed by atoms with Crippen LogP contribution in [0.25, 0.3) is 0 Å². The molecule has 36 heavy (non-hydrogen) atoms. The van der Waals surface area contributed by atoms with Crippen molar-refractivity contribution in [3.8, 4) is 5.75 Å². The normalized spacial score (nSPS) is 30.8. The minimum Gasteiger partial charge on any atom is -0.489 e. The zero-order chi connectivity index (χ0) is 25.8. The molecule has 0 amide bonds. The number of nitrogens with zero attached hydrogens (tertiary/aromatic N) is 1. The number of benzene rings is 2. The minimum absolute atomic E-state index is 0.0803. The van der Waals surface area contributed by atoms with Crippen LogP contribution in [0.2, 0.25) is 0 Å². The second kappa shape index (κ2) is 8.71. The molecule has 1 heterocycles. The Balaban J connectivity index is 1.53. The summed E-state index contributed by atoms with van der Waals surface area (Å²) in [6, 6.07) is 20.2. The first-order chi connectivity index (χ1) is 17.0. The Morgan fingerprint density at radius 2 is 1.69 bits per heavy atom. The van der Waals surface area contributed by atoms with Crippen LogP contribution >= 0.6 is 0 Å². The standard InChI is InChI=1S/C32H39NO3/c1-6-31-21-30(5,34)32(35,24-12-8-7-9-13-24)19-25(31)18-29(3,4)28-17-26(14-15-27(28)31)36-20-23-11-10-16-33-22(23)2/h7-17,25,34-35H,6,18-21H2,1-5H3/t25-,30?,31?,32?/m1/s1. The van der Waals surface area contributed by atoms with E-state index in [0.717, 1.165) is 35.4 Å². The van der Waals surface area contributed by atoms with Gasteiger partial charge in [0.05, 0.1) is 5.60 Å². The van der Waals surface area contributed by atoms with E-state index >= 15 is 0 Å². The third-order valence-corrected chi connectivity index (χ3v) is 9.28. The summed E-state index contributed by atoms with van der Waals surface area (Å²) in [5.41, 5.74) is 2.65. The molecule has 190 valence electrons. The van der Waals surface area contributed by atoms with E-state index < -0.39 is 11.2 Å². The van der Waals surface area contributed by atoms with E-state index in [9.17, 15) is 10.2 Å². The summed E-state index contributed by atoms with van der Waals surface area (Å²) in [5, 5.41) is 23.9. The van der Waals surface area contributed by atoms with E-state index in [1.165, 1.54) is 11.1 Å². The molecule has 0 bridgehead atoms. The second-order valence-corrected chi connectivity index (χ2v) is 11.9. The van der Waals surface area contributed by atoms with E-state index in [1.54, 1.807) is 6.20 Å². The molecule has 2 aliphatic rings. The molecule has 2 aromatic carbocycles. The molecular formula is C32H39NO3. The molecule has 0 spiro atoms. The van der Waals surface area contributed by atoms with Gasteiger partial charge in [0, 0.05) is 22.9 Å². The van der Waals surface area contributed by atoms with Crippen molar-refractivity contribution >= 4 is 0 Å². The molecule has 3 aromatic rings. The van der Waals surface area contributed by atoms with E-state index in [-0.39, 0.29) is 16.7 Å². The van der Waals surface area contributed by atoms with E-state index in [0.29, 0.717) is 19.4 Å². The maximum absolute atomic E-state index is 12.0. The topological polar surface area (TPSA) is 62.6 Å². The molecule has 0 saturated heterocycles. The summed E-state index contributed by atoms with van der Waals surface area (Å²) in [6.07, 6.45) is 4.73. The van der Waals surface area contributed by atoms with Gasteiger partial charge in [-0.1, -0.05) is 63.2 Å². The molecule has 5 rings (SSSR count). The number of fused-ring (bicyclic) bond motifs is 3. The summed E-state index contributed by atoms with van der Waals surface area (Å²) in [4.78, 5) is 4.37. The fraction of sp³-hybridized carbons (Fsp3) is 0.469. The summed E-state index contributed by atoms with van der Waals surface area (Å²) in [6.45, 7) is 11.1. The zero-order valence-corrected chi connectivity index (χ0v) is 22.2. The number of pyridine rings is 1. The van der Waals surface area contributed by atoms with Crippen LogP contribution in [0, 0.1) is 12.8 Å². The van der Waals surface area contributed by atoms with Crippen molar-refractivity contribution in [2.45, 2.75) is 88.9 Å². The van der Waals surface area contributed by atoms with Gasteiger partial charge in [-0.3, -0.25) is 4.98 Å². The molecule has 2 N–H and O–H groups in total. The molecule has 1 aromatic heterocycles. The van der Waals surface area contributed by atoms with Crippen molar-refractivity contribution in [1.82, 2.24) is 4.98 Å². The predicted molar refractivity (Wildman–Crippen MR) is 143 cm³/mol. The van der Waals surface area contributed by atoms with Gasteiger partial charge in [0.1, 0.15) is 18.0 Å². The van der Waals surface area contributed by atoms with Crippen LogP contribution in [0.15, 0.2) is 66.9 Å². The van der Waals surface area contributed by atoms with Gasteiger partial charge >= 0.3 is 0 Å². The molecule has 3 unspecified atom stereocenters. The van der Waals surface area contributed by atoms with Crippen LogP contribution < -0.4 is 4.74 Å². The van der Waals surface area contributed by atoms with Crippen molar-refractivity contribution in [2.75, 3.05) is 0 Å². The molecule has 0 aliphatic heterocycles. The molecule has 4 heteroatoms. The van der Waals surface area contributed by atoms with Crippen LogP contribution in [0.4, 0.5) is 0 Å². The van der Waals surface area contributed by atoms with Gasteiger partial charge in [0.25, 0.3) is 0 Å². The molecule has 2 aliphatic carbocycles. The van der Waals surface area contributed by atoms with Gasteiger partial charge in [-0.15, -0.1) is 0 Å². The first kappa shape index (κ1) is 25.0. The number of rotatable bonds is 5. The van der Waals surface area contributed by atoms with E-state index in [2.05, 4.69) is 50.0 Å². The van der Waals surface area contributed by atoms with Crippen molar-refractivity contribution < 1.29 is 14.9 Å². The van der Waals surface area contributed by atoms with Crippen LogP contribution in [-0.4, -0.2) is 20.8 Å². The fourth-order valence-electron chi connectivity index (χ4n) is 7.17. The van der Waals surface area contributed by atoms with Crippen molar-refractivity contribution in [3.63, 3.8) is 0 Å². The van der Waals surface area contributed by atoms with Crippen molar-refractivity contribution in [1.29, 1.82) is 0 Å². The van der Waals surface area contributed by atoms with Gasteiger partial charge in [0.2, 0.25) is 0 Å². The maximum Gasteiger partial charge on any atom is 0.120 e. The number of aryl methyl sites for hydroxylation is 1. The third-order valence-electron chi connectivity index (χ3n) is 9.28. The third kappa shape index (κ3) is 3.86. The fourth-order valence-corrected chi connectivity index (χ4v) is 7.17. The predicted octanol–water partition coefficient (Wildman–Crippen LogP) is 6.35. The molecule has 0 radical (unpaired) electrons. The van der Waals surface area contributed by atoms with Crippen LogP contribution in [0.5, 0.6) is 5.75 Å². The van der Waals surface area contributed by atoms with Gasteiger partial charge < -0.3 is 14.9 Å². The van der Waals surface area contributed by atoms with Gasteiger partial charge in [0.15, 0.2) is 0 Å². The Bertz CT molecular complexity index is 1250. The number of ether oxygens (including phenoxy) is 1. The Kier molecular flexibility index (Phi) is 6.04. The van der Waals surface area contributed by atoms with Gasteiger partial charge in [-0.25, -0.2) is 0 Å². The molecule has 1 saturated carbocycles. The number of aliphatic hydroxyl groups is 2. The lowest BCUT2D eigenvalue weighted by Crippen LogP contribution is -2.63. The summed E-state index contributed by atoms with van der Waals surface area (Å²) in [7, 11) is 0. The van der Waals surface area contributed by atoms with Crippen molar-refractivity contribution in [2.24, 2.45) is 5.92 Å². The highest BCUT2D eigenvalue weighted by atomic mass is 16.5. The highest BCUT2D eigenvalue weighted by Gasteiger charge is 2.62. The number of aromatic nitrogens is 1. The van der Waals surface area contributed by atoms with Crippen LogP contribution in [0.1, 0.15) is 81.3 Å². The van der Waals surface area contributed by atoms with E-state index in [4.69, 9.17) is 4.74 Å². The van der Waals surface area contributed by atoms with Crippen LogP contribution in [0.3, 0.4) is 0 Å². The van der Waals surface area contributed by atoms with E-state index in [1.807, 2.05) is 50.2 Å². The second-order valence-electron chi connectivity index (χ2n) is 11.9. The first-order valence-electron chi connectivity index (χ1n) is 13.2.